The fourth-order valence-electron chi connectivity index (χ4n) is 4.64. The summed E-state index contributed by atoms with van der Waals surface area (Å²) in [6.07, 6.45) is -5.07. The van der Waals surface area contributed by atoms with Crippen LogP contribution in [-0.4, -0.2) is 62.3 Å². The third-order valence-electron chi connectivity index (χ3n) is 6.49. The second-order valence-corrected chi connectivity index (χ2v) is 10.6. The maximum Gasteiger partial charge on any atom is 0.449 e. The number of ether oxygens (including phenoxy) is 1. The Kier molecular flexibility index (Phi) is 8.05. The van der Waals surface area contributed by atoms with Crippen molar-refractivity contribution in [2.75, 3.05) is 13.1 Å². The fraction of sp³-hybridized carbons (Fsp3) is 0.407. The van der Waals surface area contributed by atoms with Crippen molar-refractivity contribution in [3.8, 4) is 0 Å². The largest absolute Gasteiger partial charge is 0.449 e. The molecule has 2 atom stereocenters. The first-order valence-electron chi connectivity index (χ1n) is 12.6. The molecule has 40 heavy (non-hydrogen) atoms. The molecule has 13 heteroatoms. The number of benzene rings is 2. The van der Waals surface area contributed by atoms with Gasteiger partial charge in [0.25, 0.3) is 5.91 Å². The molecule has 3 N–H and O–H groups in total. The maximum atomic E-state index is 13.6. The number of hydroxylamine groups is 1. The summed E-state index contributed by atoms with van der Waals surface area (Å²) in [5, 5.41) is 11.9. The van der Waals surface area contributed by atoms with Crippen molar-refractivity contribution in [3.05, 3.63) is 65.5 Å². The van der Waals surface area contributed by atoms with Gasteiger partial charge in [-0.2, -0.15) is 13.2 Å². The molecule has 1 fully saturated rings. The maximum absolute atomic E-state index is 13.6. The zero-order valence-corrected chi connectivity index (χ0v) is 22.2. The molecule has 0 saturated carbocycles. The van der Waals surface area contributed by atoms with Crippen LogP contribution in [0.3, 0.4) is 0 Å². The summed E-state index contributed by atoms with van der Waals surface area (Å²) in [4.78, 5) is 43.0. The van der Waals surface area contributed by atoms with Crippen LogP contribution < -0.4 is 10.8 Å². The molecule has 3 aromatic rings. The van der Waals surface area contributed by atoms with E-state index < -0.39 is 47.5 Å². The number of carbonyl (C=O) groups excluding carboxylic acids is 3. The summed E-state index contributed by atoms with van der Waals surface area (Å²) >= 11 is 0. The summed E-state index contributed by atoms with van der Waals surface area (Å²) in [7, 11) is 0. The van der Waals surface area contributed by atoms with Gasteiger partial charge in [0.1, 0.15) is 5.60 Å². The van der Waals surface area contributed by atoms with Gasteiger partial charge in [-0.15, -0.1) is 0 Å². The highest BCUT2D eigenvalue weighted by molar-refractivity contribution is 5.95. The van der Waals surface area contributed by atoms with Crippen molar-refractivity contribution in [2.45, 2.75) is 51.6 Å². The van der Waals surface area contributed by atoms with Gasteiger partial charge in [-0.1, -0.05) is 24.3 Å². The van der Waals surface area contributed by atoms with E-state index in [9.17, 15) is 27.6 Å². The Balaban J connectivity index is 1.50. The molecule has 0 spiro atoms. The van der Waals surface area contributed by atoms with Crippen molar-refractivity contribution in [1.29, 1.82) is 0 Å². The average molecular weight is 562 g/mol. The normalized spacial score (nSPS) is 17.9. The molecule has 10 nitrogen and oxygen atoms in total. The lowest BCUT2D eigenvalue weighted by molar-refractivity contribution is -0.146. The van der Waals surface area contributed by atoms with E-state index in [2.05, 4.69) is 10.3 Å². The van der Waals surface area contributed by atoms with Crippen molar-refractivity contribution in [2.24, 2.45) is 5.92 Å². The van der Waals surface area contributed by atoms with Crippen molar-refractivity contribution < 1.29 is 37.5 Å². The van der Waals surface area contributed by atoms with E-state index in [0.717, 1.165) is 4.57 Å². The molecule has 0 radical (unpaired) electrons. The smallest absolute Gasteiger partial charge is 0.444 e. The zero-order valence-electron chi connectivity index (χ0n) is 22.2. The Morgan fingerprint density at radius 1 is 1.07 bits per heavy atom. The molecule has 2 aromatic carbocycles. The van der Waals surface area contributed by atoms with Crippen molar-refractivity contribution in [3.63, 3.8) is 0 Å². The van der Waals surface area contributed by atoms with Crippen LogP contribution in [0.5, 0.6) is 0 Å². The molecule has 3 amide bonds. The Bertz CT molecular complexity index is 1400. The van der Waals surface area contributed by atoms with Crippen LogP contribution >= 0.6 is 0 Å². The number of para-hydroxylation sites is 2. The molecule has 1 saturated heterocycles. The predicted octanol–water partition coefficient (Wildman–Crippen LogP) is 3.96. The average Bonchev–Trinajstić information content (AvgIpc) is 3.26. The number of amides is 3. The number of imidazole rings is 1. The first kappa shape index (κ1) is 28.9. The number of alkyl halides is 3. The third-order valence-corrected chi connectivity index (χ3v) is 6.49. The molecule has 1 aromatic heterocycles. The second kappa shape index (κ2) is 11.2. The monoisotopic (exact) mass is 561 g/mol. The minimum absolute atomic E-state index is 0.0231. The molecule has 1 aliphatic heterocycles. The van der Waals surface area contributed by atoms with Crippen LogP contribution in [0.25, 0.3) is 11.0 Å². The van der Waals surface area contributed by atoms with Crippen LogP contribution in [0.2, 0.25) is 0 Å². The van der Waals surface area contributed by atoms with Gasteiger partial charge >= 0.3 is 12.3 Å². The number of halogens is 3. The number of hydrogen-bond acceptors (Lipinski definition) is 6. The van der Waals surface area contributed by atoms with Gasteiger partial charge in [0.2, 0.25) is 11.7 Å². The molecule has 214 valence electrons. The van der Waals surface area contributed by atoms with Gasteiger partial charge < -0.3 is 19.5 Å². The van der Waals surface area contributed by atoms with E-state index >= 15 is 0 Å². The lowest BCUT2D eigenvalue weighted by Crippen LogP contribution is -2.57. The van der Waals surface area contributed by atoms with Gasteiger partial charge in [0, 0.05) is 25.2 Å². The van der Waals surface area contributed by atoms with Crippen LogP contribution in [0.1, 0.15) is 48.9 Å². The molecule has 0 bridgehead atoms. The van der Waals surface area contributed by atoms with Crippen LogP contribution in [0.4, 0.5) is 18.0 Å². The van der Waals surface area contributed by atoms with Crippen LogP contribution in [-0.2, 0) is 22.3 Å². The number of piperidine rings is 1. The number of nitrogens with zero attached hydrogens (tertiary/aromatic N) is 3. The summed E-state index contributed by atoms with van der Waals surface area (Å²) < 4.78 is 47.4. The number of fused-ring (bicyclic) bond motifs is 1. The zero-order chi connectivity index (χ0) is 29.2. The number of hydrogen-bond donors (Lipinski definition) is 3. The number of rotatable bonds is 5. The summed E-state index contributed by atoms with van der Waals surface area (Å²) in [5.74, 6) is -3.07. The highest BCUT2D eigenvalue weighted by atomic mass is 19.4. The molecule has 0 aliphatic carbocycles. The third kappa shape index (κ3) is 6.53. The van der Waals surface area contributed by atoms with Gasteiger partial charge in [0.05, 0.1) is 23.0 Å². The predicted molar refractivity (Wildman–Crippen MR) is 137 cm³/mol. The minimum Gasteiger partial charge on any atom is -0.444 e. The van der Waals surface area contributed by atoms with E-state index in [4.69, 9.17) is 9.94 Å². The lowest BCUT2D eigenvalue weighted by Gasteiger charge is -2.38. The highest BCUT2D eigenvalue weighted by Crippen LogP contribution is 2.32. The highest BCUT2D eigenvalue weighted by Gasteiger charge is 2.39. The van der Waals surface area contributed by atoms with Gasteiger partial charge in [-0.25, -0.2) is 15.3 Å². The Hall–Kier alpha value is -4.13. The minimum atomic E-state index is -4.65. The first-order chi connectivity index (χ1) is 18.8. The van der Waals surface area contributed by atoms with E-state index in [-0.39, 0.29) is 37.1 Å². The summed E-state index contributed by atoms with van der Waals surface area (Å²) in [6.45, 7) is 5.21. The number of carbonyl (C=O) groups is 3. The molecule has 0 unspecified atom stereocenters. The summed E-state index contributed by atoms with van der Waals surface area (Å²) in [6, 6.07) is 11.5. The van der Waals surface area contributed by atoms with Gasteiger partial charge in [-0.05, 0) is 57.0 Å². The van der Waals surface area contributed by atoms with Crippen LogP contribution in [0.15, 0.2) is 48.5 Å². The van der Waals surface area contributed by atoms with Gasteiger partial charge in [0.15, 0.2) is 0 Å². The fourth-order valence-corrected chi connectivity index (χ4v) is 4.64. The van der Waals surface area contributed by atoms with Crippen molar-refractivity contribution in [1.82, 2.24) is 25.2 Å². The topological polar surface area (TPSA) is 126 Å². The Labute approximate surface area is 228 Å². The van der Waals surface area contributed by atoms with E-state index in [1.807, 2.05) is 0 Å². The second-order valence-electron chi connectivity index (χ2n) is 10.6. The quantitative estimate of drug-likeness (QED) is 0.320. The number of nitrogens with one attached hydrogen (secondary N) is 2. The molecule has 1 aliphatic rings. The number of likely N-dealkylation sites (tertiary alicyclic amines) is 1. The van der Waals surface area contributed by atoms with Crippen molar-refractivity contribution >= 4 is 28.9 Å². The molecule has 4 rings (SSSR count). The van der Waals surface area contributed by atoms with Crippen LogP contribution in [0, 0.1) is 5.92 Å². The molecule has 2 heterocycles. The Morgan fingerprint density at radius 3 is 2.38 bits per heavy atom. The first-order valence-corrected chi connectivity index (χ1v) is 12.6. The van der Waals surface area contributed by atoms with E-state index in [1.54, 1.807) is 44.5 Å². The van der Waals surface area contributed by atoms with E-state index in [1.165, 1.54) is 35.2 Å². The lowest BCUT2D eigenvalue weighted by atomic mass is 9.90. The molecular formula is C27H30F3N5O5. The SMILES string of the molecule is CC(C)(C)OC(=O)N1CC[C@H](C(=O)NO)[C@H](NC(=O)c2ccc(Cn3c(C(F)(F)F)nc4ccccc43)cc2)C1. The summed E-state index contributed by atoms with van der Waals surface area (Å²) in [5.41, 5.74) is 2.13. The van der Waals surface area contributed by atoms with E-state index in [0.29, 0.717) is 11.1 Å². The Morgan fingerprint density at radius 2 is 1.75 bits per heavy atom. The standard InChI is InChI=1S/C27H30F3N5O5/c1-26(2,3)40-25(38)34-13-12-18(23(37)33-39)20(15-34)31-22(36)17-10-8-16(9-11-17)14-35-21-7-5-4-6-19(21)32-24(35)27(28,29)30/h4-11,18,20,39H,12-15H2,1-3H3,(H,31,36)(H,33,37)/t18-,20+/m0/s1. The number of aromatic nitrogens is 2. The van der Waals surface area contributed by atoms with Gasteiger partial charge in [-0.3, -0.25) is 14.8 Å². The molecular weight excluding hydrogens is 531 g/mol.